The van der Waals surface area contributed by atoms with Gasteiger partial charge >= 0.3 is 0 Å². The largest absolute Gasteiger partial charge is 0.494 e. The minimum atomic E-state index is -0.620. The highest BCUT2D eigenvalue weighted by Gasteiger charge is 2.39. The van der Waals surface area contributed by atoms with Gasteiger partial charge in [0.2, 0.25) is 29.6 Å². The minimum Gasteiger partial charge on any atom is -0.494 e. The Bertz CT molecular complexity index is 2690. The molecule has 0 radical (unpaired) electrons. The van der Waals surface area contributed by atoms with E-state index in [2.05, 4.69) is 37.7 Å². The standard InChI is InChI=1S/C53H65N9O7/c1-4-46(63)55-38-18-20-39(21-19-38)62-49(66)30-35(2)42-33-54-53(58-50(42)62)56-43-23-22-40(32-45(43)69-3)59-26-28-60(29-27-59)48(65)15-13-11-9-7-5-6-8-10-12-14-36-16-17-37-34-61(52(68)41(37)31-36)44-24-25-47(64)57-51(44)67/h16-17,22-23,30-33,38-39,44H,4-11,13,15,18-21,24-29,34H2,1-3H3,(H,55,63)(H,54,56,58)(H,57,64,67). The van der Waals surface area contributed by atoms with Crippen LogP contribution in [0.25, 0.3) is 11.0 Å². The van der Waals surface area contributed by atoms with Gasteiger partial charge in [0, 0.05) is 111 Å². The summed E-state index contributed by atoms with van der Waals surface area (Å²) in [6, 6.07) is 12.8. The number of aryl methyl sites for hydroxylation is 1. The molecule has 16 nitrogen and oxygen atoms in total. The maximum Gasteiger partial charge on any atom is 0.255 e. The first-order valence-electron chi connectivity index (χ1n) is 24.9. The van der Waals surface area contributed by atoms with Crippen molar-refractivity contribution >= 4 is 57.9 Å². The molecular weight excluding hydrogens is 875 g/mol. The number of rotatable bonds is 17. The minimum absolute atomic E-state index is 0.0266. The Morgan fingerprint density at radius 2 is 1.64 bits per heavy atom. The van der Waals surface area contributed by atoms with Crippen molar-refractivity contribution in [2.75, 3.05) is 43.5 Å². The van der Waals surface area contributed by atoms with Gasteiger partial charge in [-0.05, 0) is 87.3 Å². The summed E-state index contributed by atoms with van der Waals surface area (Å²) in [4.78, 5) is 90.9. The van der Waals surface area contributed by atoms with Gasteiger partial charge < -0.3 is 30.1 Å². The number of nitrogens with zero attached hydrogens (tertiary/aromatic N) is 6. The molecule has 0 bridgehead atoms. The van der Waals surface area contributed by atoms with E-state index >= 15 is 0 Å². The SMILES string of the molecule is CCC(=O)NC1CCC(n2c(=O)cc(C)c3cnc(Nc4ccc(N5CCN(C(=O)CCCCCCCCCC#Cc6ccc7c(c6)C(=O)N(C6CCC(=O)NC6=O)C7)CC5)cc4OC)nc32)CC1. The quantitative estimate of drug-likeness (QED) is 0.0572. The molecule has 0 spiro atoms. The average Bonchev–Trinajstić information content (AvgIpc) is 3.68. The van der Waals surface area contributed by atoms with Gasteiger partial charge in [-0.1, -0.05) is 56.9 Å². The number of anilines is 3. The zero-order valence-corrected chi connectivity index (χ0v) is 40.2. The van der Waals surface area contributed by atoms with Crippen LogP contribution in [0.1, 0.15) is 143 Å². The Balaban J connectivity index is 0.727. The zero-order chi connectivity index (χ0) is 48.4. The van der Waals surface area contributed by atoms with E-state index in [0.717, 1.165) is 118 Å². The van der Waals surface area contributed by atoms with E-state index in [1.165, 1.54) is 0 Å². The normalized spacial score (nSPS) is 19.2. The third-order valence-corrected chi connectivity index (χ3v) is 14.1. The average molecular weight is 940 g/mol. The first-order chi connectivity index (χ1) is 33.5. The van der Waals surface area contributed by atoms with Gasteiger partial charge in [0.25, 0.3) is 11.5 Å². The number of methoxy groups -OCH3 is 1. The molecule has 16 heteroatoms. The Morgan fingerprint density at radius 1 is 0.884 bits per heavy atom. The molecule has 364 valence electrons. The molecule has 8 rings (SSSR count). The second-order valence-corrected chi connectivity index (χ2v) is 18.8. The molecule has 4 aliphatic rings. The summed E-state index contributed by atoms with van der Waals surface area (Å²) in [5, 5.41) is 9.60. The Morgan fingerprint density at radius 3 is 2.38 bits per heavy atom. The zero-order valence-electron chi connectivity index (χ0n) is 40.2. The van der Waals surface area contributed by atoms with E-state index < -0.39 is 11.9 Å². The molecule has 5 amide bonds. The lowest BCUT2D eigenvalue weighted by molar-refractivity contribution is -0.137. The van der Waals surface area contributed by atoms with Crippen molar-refractivity contribution in [2.24, 2.45) is 0 Å². The molecule has 3 fully saturated rings. The van der Waals surface area contributed by atoms with E-state index in [4.69, 9.17) is 9.72 Å². The van der Waals surface area contributed by atoms with Gasteiger partial charge in [-0.2, -0.15) is 4.98 Å². The summed E-state index contributed by atoms with van der Waals surface area (Å²) in [6.45, 7) is 6.90. The molecule has 2 aromatic carbocycles. The monoisotopic (exact) mass is 940 g/mol. The topological polar surface area (TPSA) is 188 Å². The van der Waals surface area contributed by atoms with Crippen LogP contribution in [0.5, 0.6) is 5.75 Å². The van der Waals surface area contributed by atoms with Crippen molar-refractivity contribution in [1.82, 2.24) is 35.0 Å². The van der Waals surface area contributed by atoms with E-state index in [1.54, 1.807) is 28.8 Å². The summed E-state index contributed by atoms with van der Waals surface area (Å²) in [5.41, 5.74) is 5.27. The predicted molar refractivity (Wildman–Crippen MR) is 264 cm³/mol. The van der Waals surface area contributed by atoms with Crippen molar-refractivity contribution in [3.63, 3.8) is 0 Å². The lowest BCUT2D eigenvalue weighted by Crippen LogP contribution is -2.52. The smallest absolute Gasteiger partial charge is 0.255 e. The highest BCUT2D eigenvalue weighted by Crippen LogP contribution is 2.34. The van der Waals surface area contributed by atoms with E-state index in [0.29, 0.717) is 67.5 Å². The van der Waals surface area contributed by atoms with Crippen molar-refractivity contribution in [2.45, 2.75) is 141 Å². The van der Waals surface area contributed by atoms with Crippen LogP contribution >= 0.6 is 0 Å². The number of fused-ring (bicyclic) bond motifs is 2. The number of amides is 5. The summed E-state index contributed by atoms with van der Waals surface area (Å²) in [7, 11) is 1.63. The number of piperidine rings is 1. The number of hydrogen-bond acceptors (Lipinski definition) is 11. The molecule has 1 unspecified atom stereocenters. The number of piperazine rings is 1. The molecule has 1 atom stereocenters. The summed E-state index contributed by atoms with van der Waals surface area (Å²) >= 11 is 0. The van der Waals surface area contributed by atoms with Crippen LogP contribution in [0.3, 0.4) is 0 Å². The Labute approximate surface area is 403 Å². The predicted octanol–water partition coefficient (Wildman–Crippen LogP) is 6.83. The van der Waals surface area contributed by atoms with Crippen molar-refractivity contribution in [1.29, 1.82) is 0 Å². The highest BCUT2D eigenvalue weighted by atomic mass is 16.5. The molecule has 4 aromatic rings. The molecule has 3 aliphatic heterocycles. The van der Waals surface area contributed by atoms with E-state index in [1.807, 2.05) is 55.1 Å². The molecule has 3 N–H and O–H groups in total. The van der Waals surface area contributed by atoms with Crippen LogP contribution in [-0.2, 0) is 25.7 Å². The number of aromatic nitrogens is 3. The molecule has 5 heterocycles. The van der Waals surface area contributed by atoms with Gasteiger partial charge in [0.1, 0.15) is 17.4 Å². The molecule has 1 saturated carbocycles. The van der Waals surface area contributed by atoms with Gasteiger partial charge in [-0.15, -0.1) is 0 Å². The fraction of sp³-hybridized carbons (Fsp3) is 0.509. The lowest BCUT2D eigenvalue weighted by Gasteiger charge is -2.36. The van der Waals surface area contributed by atoms with Crippen LogP contribution in [-0.4, -0.2) is 99.2 Å². The number of unbranched alkanes of at least 4 members (excludes halogenated alkanes) is 7. The van der Waals surface area contributed by atoms with E-state index in [-0.39, 0.29) is 47.7 Å². The van der Waals surface area contributed by atoms with Crippen LogP contribution in [0.2, 0.25) is 0 Å². The number of ether oxygens (including phenoxy) is 1. The number of hydrogen-bond donors (Lipinski definition) is 3. The second kappa shape index (κ2) is 22.6. The molecule has 69 heavy (non-hydrogen) atoms. The number of carbonyl (C=O) groups is 5. The summed E-state index contributed by atoms with van der Waals surface area (Å²) in [6.07, 6.45) is 14.7. The second-order valence-electron chi connectivity index (χ2n) is 18.8. The van der Waals surface area contributed by atoms with Crippen LogP contribution in [0.15, 0.2) is 53.5 Å². The van der Waals surface area contributed by atoms with E-state index in [9.17, 15) is 28.8 Å². The van der Waals surface area contributed by atoms with Gasteiger partial charge in [0.15, 0.2) is 0 Å². The third-order valence-electron chi connectivity index (χ3n) is 14.1. The summed E-state index contributed by atoms with van der Waals surface area (Å²) < 4.78 is 7.63. The molecule has 2 saturated heterocycles. The molecule has 1 aliphatic carbocycles. The number of nitrogens with one attached hydrogen (secondary N) is 3. The Hall–Kier alpha value is -6.76. The van der Waals surface area contributed by atoms with Crippen LogP contribution in [0.4, 0.5) is 17.3 Å². The molecule has 2 aromatic heterocycles. The number of imide groups is 1. The maximum atomic E-state index is 13.4. The highest BCUT2D eigenvalue weighted by molar-refractivity contribution is 6.05. The Kier molecular flexibility index (Phi) is 15.9. The number of carbonyl (C=O) groups excluding carboxylic acids is 5. The van der Waals surface area contributed by atoms with Crippen LogP contribution < -0.4 is 31.1 Å². The van der Waals surface area contributed by atoms with Crippen LogP contribution in [0, 0.1) is 18.8 Å². The number of pyridine rings is 1. The van der Waals surface area contributed by atoms with Crippen molar-refractivity contribution in [3.05, 3.63) is 81.3 Å². The lowest BCUT2D eigenvalue weighted by atomic mass is 9.90. The molecular formula is C53H65N9O7. The number of benzene rings is 2. The first-order valence-corrected chi connectivity index (χ1v) is 24.9. The fourth-order valence-electron chi connectivity index (χ4n) is 10.1. The first kappa shape index (κ1) is 48.7. The maximum absolute atomic E-state index is 13.4. The van der Waals surface area contributed by atoms with Crippen molar-refractivity contribution in [3.8, 4) is 17.6 Å². The van der Waals surface area contributed by atoms with Gasteiger partial charge in [0.05, 0.1) is 12.8 Å². The van der Waals surface area contributed by atoms with Gasteiger partial charge in [-0.3, -0.25) is 38.7 Å². The summed E-state index contributed by atoms with van der Waals surface area (Å²) in [5.74, 6) is 6.82. The van der Waals surface area contributed by atoms with Gasteiger partial charge in [-0.25, -0.2) is 4.98 Å². The van der Waals surface area contributed by atoms with Crippen molar-refractivity contribution < 1.29 is 28.7 Å². The third kappa shape index (κ3) is 11.8. The fourth-order valence-corrected chi connectivity index (χ4v) is 10.1.